The zero-order chi connectivity index (χ0) is 20.8. The van der Waals surface area contributed by atoms with Gasteiger partial charge in [-0.2, -0.15) is 0 Å². The van der Waals surface area contributed by atoms with Gasteiger partial charge >= 0.3 is 5.97 Å². The summed E-state index contributed by atoms with van der Waals surface area (Å²) in [6, 6.07) is 20.4. The second-order valence-corrected chi connectivity index (χ2v) is 6.36. The van der Waals surface area contributed by atoms with Crippen molar-refractivity contribution in [2.75, 3.05) is 17.7 Å². The van der Waals surface area contributed by atoms with E-state index in [0.717, 1.165) is 5.56 Å². The molecular formula is C23H20N2O4. The van der Waals surface area contributed by atoms with Crippen LogP contribution in [0.1, 0.15) is 36.6 Å². The lowest BCUT2D eigenvalue weighted by molar-refractivity contribution is 0.0601. The minimum absolute atomic E-state index is 0.240. The molecule has 0 aliphatic rings. The number of benzene rings is 3. The SMILES string of the molecule is COC(=O)c1ccccc1NC(=O)c1ccccc1NC(=O)c1ccc(C)cc1. The van der Waals surface area contributed by atoms with E-state index in [1.807, 2.05) is 19.1 Å². The summed E-state index contributed by atoms with van der Waals surface area (Å²) in [5.41, 5.74) is 2.74. The van der Waals surface area contributed by atoms with E-state index >= 15 is 0 Å². The Morgan fingerprint density at radius 2 is 1.21 bits per heavy atom. The largest absolute Gasteiger partial charge is 0.465 e. The van der Waals surface area contributed by atoms with Crippen molar-refractivity contribution in [3.63, 3.8) is 0 Å². The van der Waals surface area contributed by atoms with Crippen molar-refractivity contribution >= 4 is 29.2 Å². The quantitative estimate of drug-likeness (QED) is 0.639. The van der Waals surface area contributed by atoms with Crippen LogP contribution in [0.15, 0.2) is 72.8 Å². The van der Waals surface area contributed by atoms with Crippen LogP contribution in [0.3, 0.4) is 0 Å². The van der Waals surface area contributed by atoms with Crippen molar-refractivity contribution in [1.29, 1.82) is 0 Å². The van der Waals surface area contributed by atoms with Gasteiger partial charge in [0, 0.05) is 5.56 Å². The summed E-state index contributed by atoms with van der Waals surface area (Å²) in [6.45, 7) is 1.94. The van der Waals surface area contributed by atoms with Crippen LogP contribution in [0, 0.1) is 6.92 Å². The number of para-hydroxylation sites is 2. The Balaban J connectivity index is 1.84. The molecule has 0 unspecified atom stereocenters. The Morgan fingerprint density at radius 3 is 1.83 bits per heavy atom. The van der Waals surface area contributed by atoms with Gasteiger partial charge in [0.2, 0.25) is 0 Å². The fourth-order valence-electron chi connectivity index (χ4n) is 2.76. The summed E-state index contributed by atoms with van der Waals surface area (Å²) in [6.07, 6.45) is 0. The molecule has 3 aromatic carbocycles. The van der Waals surface area contributed by atoms with Gasteiger partial charge in [0.1, 0.15) is 0 Å². The molecule has 0 heterocycles. The van der Waals surface area contributed by atoms with E-state index in [2.05, 4.69) is 10.6 Å². The predicted molar refractivity (Wildman–Crippen MR) is 111 cm³/mol. The first-order valence-corrected chi connectivity index (χ1v) is 8.95. The molecule has 0 atom stereocenters. The molecule has 0 aliphatic heterocycles. The number of rotatable bonds is 5. The summed E-state index contributed by atoms with van der Waals surface area (Å²) in [5.74, 6) is -1.33. The van der Waals surface area contributed by atoms with Gasteiger partial charge in [-0.25, -0.2) is 4.79 Å². The topological polar surface area (TPSA) is 84.5 Å². The van der Waals surface area contributed by atoms with Crippen molar-refractivity contribution in [1.82, 2.24) is 0 Å². The third-order valence-corrected chi connectivity index (χ3v) is 4.31. The molecule has 0 radical (unpaired) electrons. The van der Waals surface area contributed by atoms with E-state index in [1.165, 1.54) is 7.11 Å². The average molecular weight is 388 g/mol. The molecule has 3 aromatic rings. The molecule has 0 bridgehead atoms. The Hall–Kier alpha value is -3.93. The first kappa shape index (κ1) is 19.8. The summed E-state index contributed by atoms with van der Waals surface area (Å²) >= 11 is 0. The highest BCUT2D eigenvalue weighted by molar-refractivity contribution is 6.13. The third-order valence-electron chi connectivity index (χ3n) is 4.31. The van der Waals surface area contributed by atoms with Crippen LogP contribution in [0.5, 0.6) is 0 Å². The molecule has 0 aliphatic carbocycles. The molecule has 3 rings (SSSR count). The van der Waals surface area contributed by atoms with E-state index < -0.39 is 11.9 Å². The zero-order valence-corrected chi connectivity index (χ0v) is 16.1. The molecule has 6 nitrogen and oxygen atoms in total. The number of esters is 1. The summed E-state index contributed by atoms with van der Waals surface area (Å²) < 4.78 is 4.75. The first-order valence-electron chi connectivity index (χ1n) is 8.95. The van der Waals surface area contributed by atoms with E-state index in [9.17, 15) is 14.4 Å². The molecular weight excluding hydrogens is 368 g/mol. The van der Waals surface area contributed by atoms with Gasteiger partial charge in [0.25, 0.3) is 11.8 Å². The molecule has 0 spiro atoms. The lowest BCUT2D eigenvalue weighted by atomic mass is 10.1. The highest BCUT2D eigenvalue weighted by atomic mass is 16.5. The lowest BCUT2D eigenvalue weighted by Gasteiger charge is -2.13. The van der Waals surface area contributed by atoms with Gasteiger partial charge in [-0.05, 0) is 43.3 Å². The smallest absolute Gasteiger partial charge is 0.339 e. The maximum Gasteiger partial charge on any atom is 0.339 e. The number of carbonyl (C=O) groups excluding carboxylic acids is 3. The standard InChI is InChI=1S/C23H20N2O4/c1-15-11-13-16(14-12-15)21(26)24-19-9-5-3-7-17(19)22(27)25-20-10-6-4-8-18(20)23(28)29-2/h3-14H,1-2H3,(H,24,26)(H,25,27). The molecule has 29 heavy (non-hydrogen) atoms. The maximum atomic E-state index is 12.8. The minimum Gasteiger partial charge on any atom is -0.465 e. The number of ether oxygens (including phenoxy) is 1. The van der Waals surface area contributed by atoms with Crippen LogP contribution in [0.4, 0.5) is 11.4 Å². The second-order valence-electron chi connectivity index (χ2n) is 6.36. The number of nitrogens with one attached hydrogen (secondary N) is 2. The number of hydrogen-bond donors (Lipinski definition) is 2. The molecule has 2 N–H and O–H groups in total. The lowest BCUT2D eigenvalue weighted by Crippen LogP contribution is -2.19. The van der Waals surface area contributed by atoms with Crippen molar-refractivity contribution in [2.24, 2.45) is 0 Å². The van der Waals surface area contributed by atoms with Gasteiger partial charge in [0.05, 0.1) is 29.6 Å². The van der Waals surface area contributed by atoms with Gasteiger partial charge in [-0.1, -0.05) is 42.0 Å². The Labute approximate surface area is 168 Å². The first-order chi connectivity index (χ1) is 14.0. The van der Waals surface area contributed by atoms with E-state index in [1.54, 1.807) is 60.7 Å². The molecule has 0 saturated carbocycles. The summed E-state index contributed by atoms with van der Waals surface area (Å²) in [7, 11) is 1.27. The van der Waals surface area contributed by atoms with Gasteiger partial charge in [-0.15, -0.1) is 0 Å². The van der Waals surface area contributed by atoms with Crippen LogP contribution in [-0.4, -0.2) is 24.9 Å². The van der Waals surface area contributed by atoms with Crippen LogP contribution in [-0.2, 0) is 4.74 Å². The van der Waals surface area contributed by atoms with E-state index in [0.29, 0.717) is 16.9 Å². The van der Waals surface area contributed by atoms with Crippen LogP contribution >= 0.6 is 0 Å². The molecule has 2 amide bonds. The van der Waals surface area contributed by atoms with Crippen molar-refractivity contribution < 1.29 is 19.1 Å². The van der Waals surface area contributed by atoms with Crippen LogP contribution in [0.2, 0.25) is 0 Å². The summed E-state index contributed by atoms with van der Waals surface area (Å²) in [5, 5.41) is 5.48. The number of hydrogen-bond acceptors (Lipinski definition) is 4. The third kappa shape index (κ3) is 4.68. The number of aryl methyl sites for hydroxylation is 1. The van der Waals surface area contributed by atoms with Gasteiger partial charge < -0.3 is 15.4 Å². The highest BCUT2D eigenvalue weighted by Crippen LogP contribution is 2.21. The van der Waals surface area contributed by atoms with Crippen LogP contribution < -0.4 is 10.6 Å². The Morgan fingerprint density at radius 1 is 0.690 bits per heavy atom. The average Bonchev–Trinajstić information content (AvgIpc) is 2.74. The van der Waals surface area contributed by atoms with Crippen molar-refractivity contribution in [3.8, 4) is 0 Å². The fraction of sp³-hybridized carbons (Fsp3) is 0.0870. The monoisotopic (exact) mass is 388 g/mol. The van der Waals surface area contributed by atoms with Crippen LogP contribution in [0.25, 0.3) is 0 Å². The Kier molecular flexibility index (Phi) is 6.04. The Bertz CT molecular complexity index is 1060. The molecule has 0 saturated heterocycles. The van der Waals surface area contributed by atoms with E-state index in [-0.39, 0.29) is 17.0 Å². The molecule has 146 valence electrons. The van der Waals surface area contributed by atoms with Crippen molar-refractivity contribution in [3.05, 3.63) is 95.1 Å². The normalized spacial score (nSPS) is 10.1. The fourth-order valence-corrected chi connectivity index (χ4v) is 2.76. The van der Waals surface area contributed by atoms with E-state index in [4.69, 9.17) is 4.74 Å². The number of carbonyl (C=O) groups is 3. The number of amides is 2. The highest BCUT2D eigenvalue weighted by Gasteiger charge is 2.17. The number of anilines is 2. The maximum absolute atomic E-state index is 12.8. The minimum atomic E-state index is -0.554. The number of methoxy groups -OCH3 is 1. The molecule has 0 aromatic heterocycles. The molecule has 6 heteroatoms. The molecule has 0 fully saturated rings. The second kappa shape index (κ2) is 8.84. The van der Waals surface area contributed by atoms with Gasteiger partial charge in [-0.3, -0.25) is 9.59 Å². The van der Waals surface area contributed by atoms with Gasteiger partial charge in [0.15, 0.2) is 0 Å². The predicted octanol–water partition coefficient (Wildman–Crippen LogP) is 4.29. The van der Waals surface area contributed by atoms with Crippen molar-refractivity contribution in [2.45, 2.75) is 6.92 Å². The summed E-state index contributed by atoms with van der Waals surface area (Å²) in [4.78, 5) is 37.3. The zero-order valence-electron chi connectivity index (χ0n) is 16.1.